The van der Waals surface area contributed by atoms with Gasteiger partial charge >= 0.3 is 23.9 Å². The van der Waals surface area contributed by atoms with Crippen LogP contribution in [0.15, 0.2) is 12.2 Å². The van der Waals surface area contributed by atoms with Crippen molar-refractivity contribution in [3.05, 3.63) is 12.2 Å². The van der Waals surface area contributed by atoms with E-state index in [1.165, 1.54) is 7.11 Å². The first-order chi connectivity index (χ1) is 8.79. The van der Waals surface area contributed by atoms with Gasteiger partial charge in [0.05, 0.1) is 7.11 Å². The standard InChI is InChI=1S/C7H12O4.C4H4O4/c1-11-7(10)5-3-2-4-6(8)9;5-3(6)1-2-4(7)8/h2-5H2,1H3,(H,8,9);1-2H,(H,5,6)(H,7,8)/b;2-1-. The lowest BCUT2D eigenvalue weighted by molar-refractivity contribution is -0.141. The van der Waals surface area contributed by atoms with E-state index in [1.54, 1.807) is 0 Å². The highest BCUT2D eigenvalue weighted by Crippen LogP contribution is 2.00. The van der Waals surface area contributed by atoms with Gasteiger partial charge in [-0.2, -0.15) is 0 Å². The van der Waals surface area contributed by atoms with Crippen LogP contribution in [-0.2, 0) is 23.9 Å². The summed E-state index contributed by atoms with van der Waals surface area (Å²) in [5.74, 6) is -3.62. The molecule has 0 bridgehead atoms. The van der Waals surface area contributed by atoms with Crippen LogP contribution in [0, 0.1) is 0 Å². The summed E-state index contributed by atoms with van der Waals surface area (Å²) in [6.07, 6.45) is 2.66. The van der Waals surface area contributed by atoms with Crippen molar-refractivity contribution in [1.82, 2.24) is 0 Å². The summed E-state index contributed by atoms with van der Waals surface area (Å²) < 4.78 is 4.37. The number of carbonyl (C=O) groups is 4. The number of carboxylic acid groups (broad SMARTS) is 3. The Balaban J connectivity index is 0. The van der Waals surface area contributed by atoms with Crippen LogP contribution < -0.4 is 0 Å². The number of methoxy groups -OCH3 is 1. The van der Waals surface area contributed by atoms with Gasteiger partial charge < -0.3 is 20.1 Å². The number of esters is 1. The van der Waals surface area contributed by atoms with Gasteiger partial charge in [-0.25, -0.2) is 9.59 Å². The molecule has 0 aromatic carbocycles. The summed E-state index contributed by atoms with van der Waals surface area (Å²) in [5, 5.41) is 23.8. The molecule has 0 spiro atoms. The molecule has 19 heavy (non-hydrogen) atoms. The highest BCUT2D eigenvalue weighted by atomic mass is 16.5. The molecule has 0 rings (SSSR count). The second-order valence-corrected chi connectivity index (χ2v) is 3.19. The molecule has 8 nitrogen and oxygen atoms in total. The van der Waals surface area contributed by atoms with Crippen molar-refractivity contribution < 1.29 is 39.2 Å². The Kier molecular flexibility index (Phi) is 12.1. The number of ether oxygens (including phenoxy) is 1. The van der Waals surface area contributed by atoms with E-state index in [1.807, 2.05) is 0 Å². The van der Waals surface area contributed by atoms with Gasteiger partial charge in [0.1, 0.15) is 0 Å². The van der Waals surface area contributed by atoms with E-state index in [0.717, 1.165) is 0 Å². The van der Waals surface area contributed by atoms with E-state index in [0.29, 0.717) is 31.4 Å². The molecular formula is C11H16O8. The van der Waals surface area contributed by atoms with Gasteiger partial charge in [0.15, 0.2) is 0 Å². The Hall–Kier alpha value is -2.38. The molecule has 3 N–H and O–H groups in total. The van der Waals surface area contributed by atoms with E-state index in [9.17, 15) is 19.2 Å². The van der Waals surface area contributed by atoms with Crippen molar-refractivity contribution in [1.29, 1.82) is 0 Å². The molecule has 0 aliphatic heterocycles. The average Bonchev–Trinajstić information content (AvgIpc) is 2.32. The molecule has 0 amide bonds. The molecule has 0 unspecified atom stereocenters. The minimum Gasteiger partial charge on any atom is -0.481 e. The highest BCUT2D eigenvalue weighted by Gasteiger charge is 2.01. The fourth-order valence-corrected chi connectivity index (χ4v) is 0.790. The first-order valence-electron chi connectivity index (χ1n) is 5.22. The Morgan fingerprint density at radius 3 is 1.63 bits per heavy atom. The first-order valence-corrected chi connectivity index (χ1v) is 5.22. The fourth-order valence-electron chi connectivity index (χ4n) is 0.790. The Labute approximate surface area is 109 Å². The van der Waals surface area contributed by atoms with Gasteiger partial charge in [-0.15, -0.1) is 0 Å². The lowest BCUT2D eigenvalue weighted by atomic mass is 10.2. The van der Waals surface area contributed by atoms with Gasteiger partial charge in [0.25, 0.3) is 0 Å². The second-order valence-electron chi connectivity index (χ2n) is 3.19. The maximum absolute atomic E-state index is 10.5. The van der Waals surface area contributed by atoms with E-state index in [-0.39, 0.29) is 12.4 Å². The molecule has 0 aromatic rings. The number of rotatable bonds is 7. The smallest absolute Gasteiger partial charge is 0.328 e. The van der Waals surface area contributed by atoms with Gasteiger partial charge in [-0.3, -0.25) is 9.59 Å². The quantitative estimate of drug-likeness (QED) is 0.347. The molecule has 8 heteroatoms. The largest absolute Gasteiger partial charge is 0.481 e. The zero-order chi connectivity index (χ0) is 15.3. The third-order valence-corrected chi connectivity index (χ3v) is 1.62. The highest BCUT2D eigenvalue weighted by molar-refractivity contribution is 5.89. The van der Waals surface area contributed by atoms with E-state index in [4.69, 9.17) is 15.3 Å². The SMILES string of the molecule is COC(=O)CCCCC(=O)O.O=C(O)/C=C\C(=O)O. The summed E-state index contributed by atoms with van der Waals surface area (Å²) in [7, 11) is 1.32. The van der Waals surface area contributed by atoms with E-state index >= 15 is 0 Å². The molecule has 0 saturated heterocycles. The van der Waals surface area contributed by atoms with Crippen LogP contribution in [0.3, 0.4) is 0 Å². The lowest BCUT2D eigenvalue weighted by Crippen LogP contribution is -2.00. The number of hydrogen-bond acceptors (Lipinski definition) is 5. The molecule has 0 fully saturated rings. The predicted molar refractivity (Wildman–Crippen MR) is 62.5 cm³/mol. The third kappa shape index (κ3) is 21.5. The predicted octanol–water partition coefficient (Wildman–Crippen LogP) is 0.516. The van der Waals surface area contributed by atoms with Crippen LogP contribution in [0.1, 0.15) is 25.7 Å². The van der Waals surface area contributed by atoms with Crippen LogP contribution in [-0.4, -0.2) is 46.3 Å². The van der Waals surface area contributed by atoms with Crippen molar-refractivity contribution in [3.8, 4) is 0 Å². The molecular weight excluding hydrogens is 260 g/mol. The molecule has 0 aliphatic rings. The minimum absolute atomic E-state index is 0.122. The maximum atomic E-state index is 10.5. The van der Waals surface area contributed by atoms with Crippen LogP contribution in [0.5, 0.6) is 0 Å². The number of unbranched alkanes of at least 4 members (excludes halogenated alkanes) is 1. The van der Waals surface area contributed by atoms with Crippen LogP contribution >= 0.6 is 0 Å². The summed E-state index contributed by atoms with van der Waals surface area (Å²) in [6, 6.07) is 0. The van der Waals surface area contributed by atoms with Crippen molar-refractivity contribution in [2.45, 2.75) is 25.7 Å². The Bertz CT molecular complexity index is 329. The van der Waals surface area contributed by atoms with Gasteiger partial charge in [-0.05, 0) is 12.8 Å². The monoisotopic (exact) mass is 276 g/mol. The number of aliphatic carboxylic acids is 3. The van der Waals surface area contributed by atoms with E-state index < -0.39 is 17.9 Å². The summed E-state index contributed by atoms with van der Waals surface area (Å²) in [5.41, 5.74) is 0. The second kappa shape index (κ2) is 12.1. The lowest BCUT2D eigenvalue weighted by Gasteiger charge is -1.96. The zero-order valence-electron chi connectivity index (χ0n) is 10.4. The summed E-state index contributed by atoms with van der Waals surface area (Å²) in [6.45, 7) is 0. The van der Waals surface area contributed by atoms with Crippen LogP contribution in [0.2, 0.25) is 0 Å². The molecule has 0 heterocycles. The number of hydrogen-bond donors (Lipinski definition) is 3. The van der Waals surface area contributed by atoms with Crippen molar-refractivity contribution in [3.63, 3.8) is 0 Å². The third-order valence-electron chi connectivity index (χ3n) is 1.62. The topological polar surface area (TPSA) is 138 Å². The zero-order valence-corrected chi connectivity index (χ0v) is 10.4. The fraction of sp³-hybridized carbons (Fsp3) is 0.455. The van der Waals surface area contributed by atoms with Crippen molar-refractivity contribution in [2.24, 2.45) is 0 Å². The molecule has 0 aromatic heterocycles. The molecule has 0 aliphatic carbocycles. The molecule has 0 saturated carbocycles. The Morgan fingerprint density at radius 2 is 1.32 bits per heavy atom. The molecule has 0 radical (unpaired) electrons. The average molecular weight is 276 g/mol. The summed E-state index contributed by atoms with van der Waals surface area (Å²) >= 11 is 0. The number of carboxylic acids is 3. The van der Waals surface area contributed by atoms with E-state index in [2.05, 4.69) is 4.74 Å². The maximum Gasteiger partial charge on any atom is 0.328 e. The first kappa shape index (κ1) is 19.0. The van der Waals surface area contributed by atoms with Crippen molar-refractivity contribution in [2.75, 3.05) is 7.11 Å². The molecule has 108 valence electrons. The summed E-state index contributed by atoms with van der Waals surface area (Å²) in [4.78, 5) is 39.6. The normalized spacial score (nSPS) is 9.32. The molecule has 0 atom stereocenters. The minimum atomic E-state index is -1.26. The number of carbonyl (C=O) groups excluding carboxylic acids is 1. The Morgan fingerprint density at radius 1 is 0.895 bits per heavy atom. The van der Waals surface area contributed by atoms with Gasteiger partial charge in [-0.1, -0.05) is 0 Å². The van der Waals surface area contributed by atoms with Gasteiger partial charge in [0.2, 0.25) is 0 Å². The van der Waals surface area contributed by atoms with Crippen LogP contribution in [0.25, 0.3) is 0 Å². The van der Waals surface area contributed by atoms with Crippen LogP contribution in [0.4, 0.5) is 0 Å². The van der Waals surface area contributed by atoms with Crippen molar-refractivity contribution >= 4 is 23.9 Å². The van der Waals surface area contributed by atoms with Gasteiger partial charge in [0, 0.05) is 25.0 Å².